The Morgan fingerprint density at radius 2 is 2.28 bits per heavy atom. The smallest absolute Gasteiger partial charge is 0.400 e. The molecule has 0 aromatic rings. The van der Waals surface area contributed by atoms with Crippen molar-refractivity contribution in [2.24, 2.45) is 22.7 Å². The molecule has 8 heteroatoms. The van der Waals surface area contributed by atoms with Crippen molar-refractivity contribution >= 4 is 5.84 Å². The van der Waals surface area contributed by atoms with Gasteiger partial charge in [-0.1, -0.05) is 5.16 Å². The SMILES string of the molecule is CC1OCCC1CNCC(C(N)=NO)C(F)(F)F. The molecule has 1 saturated heterocycles. The van der Waals surface area contributed by atoms with E-state index in [-0.39, 0.29) is 12.0 Å². The first-order valence-corrected chi connectivity index (χ1v) is 5.72. The molecule has 106 valence electrons. The topological polar surface area (TPSA) is 79.9 Å². The third kappa shape index (κ3) is 4.02. The molecule has 1 aliphatic heterocycles. The summed E-state index contributed by atoms with van der Waals surface area (Å²) in [6.45, 7) is 2.55. The van der Waals surface area contributed by atoms with Crippen LogP contribution in [0.2, 0.25) is 0 Å². The highest BCUT2D eigenvalue weighted by atomic mass is 19.4. The summed E-state index contributed by atoms with van der Waals surface area (Å²) in [7, 11) is 0. The molecule has 1 aliphatic rings. The Morgan fingerprint density at radius 1 is 1.61 bits per heavy atom. The van der Waals surface area contributed by atoms with Crippen LogP contribution in [0.5, 0.6) is 0 Å². The molecule has 1 rings (SSSR count). The fourth-order valence-electron chi connectivity index (χ4n) is 1.91. The van der Waals surface area contributed by atoms with Gasteiger partial charge in [-0.2, -0.15) is 13.2 Å². The average molecular weight is 269 g/mol. The maximum atomic E-state index is 12.6. The largest absolute Gasteiger partial charge is 0.409 e. The summed E-state index contributed by atoms with van der Waals surface area (Å²) < 4.78 is 43.1. The quantitative estimate of drug-likeness (QED) is 0.300. The van der Waals surface area contributed by atoms with Crippen molar-refractivity contribution in [3.63, 3.8) is 0 Å². The van der Waals surface area contributed by atoms with Gasteiger partial charge >= 0.3 is 6.18 Å². The molecule has 0 aliphatic carbocycles. The Bertz CT molecular complexity index is 297. The molecular formula is C10H18F3N3O2. The van der Waals surface area contributed by atoms with E-state index in [0.29, 0.717) is 13.2 Å². The van der Waals surface area contributed by atoms with Crippen LogP contribution in [0.1, 0.15) is 13.3 Å². The molecule has 0 bridgehead atoms. The molecule has 5 nitrogen and oxygen atoms in total. The number of nitrogens with zero attached hydrogens (tertiary/aromatic N) is 1. The van der Waals surface area contributed by atoms with Gasteiger partial charge in [0, 0.05) is 19.7 Å². The highest BCUT2D eigenvalue weighted by Crippen LogP contribution is 2.26. The predicted octanol–water partition coefficient (Wildman–Crippen LogP) is 0.926. The molecule has 18 heavy (non-hydrogen) atoms. The first-order chi connectivity index (χ1) is 8.36. The van der Waals surface area contributed by atoms with Gasteiger partial charge in [-0.05, 0) is 19.3 Å². The van der Waals surface area contributed by atoms with Crippen LogP contribution in [-0.2, 0) is 4.74 Å². The van der Waals surface area contributed by atoms with Crippen LogP contribution < -0.4 is 11.1 Å². The number of nitrogens with two attached hydrogens (primary N) is 1. The number of hydrogen-bond donors (Lipinski definition) is 3. The van der Waals surface area contributed by atoms with Crippen LogP contribution in [-0.4, -0.2) is 43.0 Å². The van der Waals surface area contributed by atoms with E-state index >= 15 is 0 Å². The Labute approximate surface area is 103 Å². The van der Waals surface area contributed by atoms with Gasteiger partial charge in [-0.25, -0.2) is 0 Å². The van der Waals surface area contributed by atoms with E-state index < -0.39 is 24.5 Å². The molecular weight excluding hydrogens is 251 g/mol. The lowest BCUT2D eigenvalue weighted by atomic mass is 10.0. The second-order valence-electron chi connectivity index (χ2n) is 4.40. The van der Waals surface area contributed by atoms with Gasteiger partial charge in [-0.3, -0.25) is 0 Å². The van der Waals surface area contributed by atoms with Crippen molar-refractivity contribution in [2.75, 3.05) is 19.7 Å². The minimum absolute atomic E-state index is 0.0469. The Morgan fingerprint density at radius 3 is 2.72 bits per heavy atom. The maximum Gasteiger partial charge on any atom is 0.400 e. The lowest BCUT2D eigenvalue weighted by molar-refractivity contribution is -0.155. The number of hydrogen-bond acceptors (Lipinski definition) is 4. The van der Waals surface area contributed by atoms with E-state index in [1.165, 1.54) is 0 Å². The van der Waals surface area contributed by atoms with Crippen molar-refractivity contribution in [3.05, 3.63) is 0 Å². The fourth-order valence-corrected chi connectivity index (χ4v) is 1.91. The predicted molar refractivity (Wildman–Crippen MR) is 59.3 cm³/mol. The number of oxime groups is 1. The van der Waals surface area contributed by atoms with Gasteiger partial charge in [0.15, 0.2) is 5.84 Å². The number of ether oxygens (including phenoxy) is 1. The molecule has 0 spiro atoms. The molecule has 4 N–H and O–H groups in total. The van der Waals surface area contributed by atoms with E-state index in [2.05, 4.69) is 10.5 Å². The van der Waals surface area contributed by atoms with Crippen molar-refractivity contribution in [1.82, 2.24) is 5.32 Å². The van der Waals surface area contributed by atoms with Crippen LogP contribution in [0.3, 0.4) is 0 Å². The first kappa shape index (κ1) is 15.0. The molecule has 0 saturated carbocycles. The highest BCUT2D eigenvalue weighted by Gasteiger charge is 2.42. The van der Waals surface area contributed by atoms with Crippen LogP contribution in [0, 0.1) is 11.8 Å². The van der Waals surface area contributed by atoms with Gasteiger partial charge in [0.05, 0.1) is 6.10 Å². The summed E-state index contributed by atoms with van der Waals surface area (Å²) >= 11 is 0. The molecule has 3 unspecified atom stereocenters. The van der Waals surface area contributed by atoms with E-state index in [0.717, 1.165) is 6.42 Å². The summed E-state index contributed by atoms with van der Waals surface area (Å²) in [5.41, 5.74) is 5.04. The van der Waals surface area contributed by atoms with Crippen molar-refractivity contribution in [1.29, 1.82) is 0 Å². The van der Waals surface area contributed by atoms with Gasteiger partial charge in [-0.15, -0.1) is 0 Å². The minimum atomic E-state index is -4.53. The van der Waals surface area contributed by atoms with Crippen LogP contribution >= 0.6 is 0 Å². The Balaban J connectivity index is 2.43. The van der Waals surface area contributed by atoms with Crippen molar-refractivity contribution < 1.29 is 23.1 Å². The maximum absolute atomic E-state index is 12.6. The Hall–Kier alpha value is -1.02. The Kier molecular flexibility index (Phi) is 5.21. The zero-order valence-corrected chi connectivity index (χ0v) is 10.1. The summed E-state index contributed by atoms with van der Waals surface area (Å²) in [4.78, 5) is 0. The normalized spacial score (nSPS) is 27.4. The molecule has 1 fully saturated rings. The van der Waals surface area contributed by atoms with Gasteiger partial charge < -0.3 is 21.0 Å². The summed E-state index contributed by atoms with van der Waals surface area (Å²) in [5, 5.41) is 13.5. The lowest BCUT2D eigenvalue weighted by Gasteiger charge is -2.21. The van der Waals surface area contributed by atoms with E-state index in [1.807, 2.05) is 6.92 Å². The third-order valence-corrected chi connectivity index (χ3v) is 3.16. The average Bonchev–Trinajstić information content (AvgIpc) is 2.68. The molecule has 0 amide bonds. The molecule has 0 aromatic carbocycles. The number of amidine groups is 1. The van der Waals surface area contributed by atoms with E-state index in [1.54, 1.807) is 0 Å². The van der Waals surface area contributed by atoms with E-state index in [9.17, 15) is 13.2 Å². The highest BCUT2D eigenvalue weighted by molar-refractivity contribution is 5.83. The fraction of sp³-hybridized carbons (Fsp3) is 0.900. The third-order valence-electron chi connectivity index (χ3n) is 3.16. The van der Waals surface area contributed by atoms with Crippen LogP contribution in [0.4, 0.5) is 13.2 Å². The second kappa shape index (κ2) is 6.24. The zero-order chi connectivity index (χ0) is 13.8. The minimum Gasteiger partial charge on any atom is -0.409 e. The summed E-state index contributed by atoms with van der Waals surface area (Å²) in [5.74, 6) is -2.60. The van der Waals surface area contributed by atoms with Crippen molar-refractivity contribution in [3.8, 4) is 0 Å². The van der Waals surface area contributed by atoms with Gasteiger partial charge in [0.1, 0.15) is 5.92 Å². The number of nitrogens with one attached hydrogen (secondary N) is 1. The monoisotopic (exact) mass is 269 g/mol. The zero-order valence-electron chi connectivity index (χ0n) is 10.1. The van der Waals surface area contributed by atoms with E-state index in [4.69, 9.17) is 15.7 Å². The van der Waals surface area contributed by atoms with Crippen molar-refractivity contribution in [2.45, 2.75) is 25.6 Å². The summed E-state index contributed by atoms with van der Waals surface area (Å²) in [6.07, 6.45) is -3.65. The van der Waals surface area contributed by atoms with Gasteiger partial charge in [0.2, 0.25) is 0 Å². The first-order valence-electron chi connectivity index (χ1n) is 5.72. The lowest BCUT2D eigenvalue weighted by Crippen LogP contribution is -2.44. The number of alkyl halides is 3. The standard InChI is InChI=1S/C10H18F3N3O2/c1-6-7(2-3-18-6)4-15-5-8(9(14)16-17)10(11,12)13/h6-8,15,17H,2-5H2,1H3,(H2,14,16). The van der Waals surface area contributed by atoms with Gasteiger partial charge in [0.25, 0.3) is 0 Å². The molecule has 3 atom stereocenters. The van der Waals surface area contributed by atoms with Crippen LogP contribution in [0.15, 0.2) is 5.16 Å². The number of halogens is 3. The van der Waals surface area contributed by atoms with Crippen LogP contribution in [0.25, 0.3) is 0 Å². The number of rotatable bonds is 5. The molecule has 0 radical (unpaired) electrons. The second-order valence-corrected chi connectivity index (χ2v) is 4.40. The summed E-state index contributed by atoms with van der Waals surface area (Å²) in [6, 6.07) is 0. The molecule has 1 heterocycles. The molecule has 0 aromatic heterocycles.